The maximum absolute atomic E-state index is 11.0. The van der Waals surface area contributed by atoms with Gasteiger partial charge in [0.25, 0.3) is 0 Å². The summed E-state index contributed by atoms with van der Waals surface area (Å²) < 4.78 is 0. The fourth-order valence-electron chi connectivity index (χ4n) is 3.22. The van der Waals surface area contributed by atoms with Gasteiger partial charge in [-0.15, -0.1) is 0 Å². The summed E-state index contributed by atoms with van der Waals surface area (Å²) in [5.74, 6) is 0.817. The lowest BCUT2D eigenvalue weighted by molar-refractivity contribution is 0.112. The van der Waals surface area contributed by atoms with Crippen molar-refractivity contribution in [3.8, 4) is 5.75 Å². The third kappa shape index (κ3) is 3.42. The first-order chi connectivity index (χ1) is 13.7. The van der Waals surface area contributed by atoms with Gasteiger partial charge >= 0.3 is 0 Å². The predicted molar refractivity (Wildman–Crippen MR) is 110 cm³/mol. The smallest absolute Gasteiger partial charge is 0.150 e. The third-order valence-electron chi connectivity index (χ3n) is 4.68. The van der Waals surface area contributed by atoms with Crippen molar-refractivity contribution in [1.29, 1.82) is 0 Å². The number of fused-ring (bicyclic) bond motifs is 1. The number of anilines is 1. The van der Waals surface area contributed by atoms with Crippen LogP contribution in [-0.2, 0) is 0 Å². The van der Waals surface area contributed by atoms with Gasteiger partial charge in [0.2, 0.25) is 0 Å². The minimum atomic E-state index is -0.359. The second-order valence-electron chi connectivity index (χ2n) is 6.60. The first kappa shape index (κ1) is 17.7. The second kappa shape index (κ2) is 7.48. The number of aromatic nitrogens is 2. The van der Waals surface area contributed by atoms with Gasteiger partial charge in [-0.1, -0.05) is 48.5 Å². The van der Waals surface area contributed by atoms with Crippen molar-refractivity contribution in [2.45, 2.75) is 13.0 Å². The molecule has 2 aromatic heterocycles. The van der Waals surface area contributed by atoms with Gasteiger partial charge in [0.05, 0.1) is 6.04 Å². The van der Waals surface area contributed by atoms with E-state index in [1.54, 1.807) is 18.3 Å². The van der Waals surface area contributed by atoms with Crippen molar-refractivity contribution < 1.29 is 9.90 Å². The predicted octanol–water partition coefficient (Wildman–Crippen LogP) is 4.66. The summed E-state index contributed by atoms with van der Waals surface area (Å²) in [6.07, 6.45) is 2.52. The van der Waals surface area contributed by atoms with E-state index in [1.807, 2.05) is 61.5 Å². The van der Waals surface area contributed by atoms with E-state index in [-0.39, 0.29) is 11.8 Å². The Morgan fingerprint density at radius 1 is 1.00 bits per heavy atom. The summed E-state index contributed by atoms with van der Waals surface area (Å²) in [7, 11) is 0. The van der Waals surface area contributed by atoms with Gasteiger partial charge < -0.3 is 10.4 Å². The molecule has 138 valence electrons. The van der Waals surface area contributed by atoms with E-state index in [0.29, 0.717) is 22.5 Å². The summed E-state index contributed by atoms with van der Waals surface area (Å²) >= 11 is 0. The number of hydrogen-bond donors (Lipinski definition) is 2. The molecule has 0 bridgehead atoms. The molecule has 0 aliphatic rings. The fraction of sp³-hybridized carbons (Fsp3) is 0.0870. The average molecular weight is 369 g/mol. The van der Waals surface area contributed by atoms with Crippen LogP contribution in [0.4, 0.5) is 5.82 Å². The number of pyridine rings is 2. The number of aromatic hydroxyl groups is 1. The van der Waals surface area contributed by atoms with Gasteiger partial charge in [-0.2, -0.15) is 0 Å². The summed E-state index contributed by atoms with van der Waals surface area (Å²) in [6.45, 7) is 1.90. The molecule has 5 heteroatoms. The monoisotopic (exact) mass is 369 g/mol. The molecule has 1 atom stereocenters. The lowest BCUT2D eigenvalue weighted by Crippen LogP contribution is -2.13. The van der Waals surface area contributed by atoms with Crippen molar-refractivity contribution >= 4 is 23.0 Å². The number of benzene rings is 2. The molecular weight excluding hydrogens is 350 g/mol. The second-order valence-corrected chi connectivity index (χ2v) is 6.60. The highest BCUT2D eigenvalue weighted by Crippen LogP contribution is 2.36. The molecule has 4 rings (SSSR count). The Labute approximate surface area is 162 Å². The number of phenolic OH excluding ortho intramolecular Hbond substituents is 1. The van der Waals surface area contributed by atoms with E-state index in [9.17, 15) is 9.90 Å². The SMILES string of the molecule is Cc1ccc2ccc(C(Nc3ccccn3)c3ccc(C=O)cc3)c(O)c2n1. The van der Waals surface area contributed by atoms with E-state index in [2.05, 4.69) is 15.3 Å². The van der Waals surface area contributed by atoms with E-state index in [1.165, 1.54) is 0 Å². The molecule has 2 heterocycles. The number of aryl methyl sites for hydroxylation is 1. The maximum atomic E-state index is 11.0. The summed E-state index contributed by atoms with van der Waals surface area (Å²) in [5, 5.41) is 15.3. The topological polar surface area (TPSA) is 75.1 Å². The molecule has 2 aromatic carbocycles. The van der Waals surface area contributed by atoms with Gasteiger partial charge in [-0.05, 0) is 30.7 Å². The van der Waals surface area contributed by atoms with Crippen molar-refractivity contribution in [3.63, 3.8) is 0 Å². The Bertz CT molecular complexity index is 1130. The zero-order valence-electron chi connectivity index (χ0n) is 15.3. The number of hydrogen-bond acceptors (Lipinski definition) is 5. The normalized spacial score (nSPS) is 11.9. The first-order valence-electron chi connectivity index (χ1n) is 8.97. The third-order valence-corrected chi connectivity index (χ3v) is 4.68. The van der Waals surface area contributed by atoms with E-state index in [4.69, 9.17) is 0 Å². The number of nitrogens with zero attached hydrogens (tertiary/aromatic N) is 2. The highest BCUT2D eigenvalue weighted by molar-refractivity contribution is 5.86. The molecule has 5 nitrogen and oxygen atoms in total. The van der Waals surface area contributed by atoms with Crippen LogP contribution in [0.5, 0.6) is 5.75 Å². The van der Waals surface area contributed by atoms with Crippen LogP contribution in [0.1, 0.15) is 33.2 Å². The molecule has 0 aliphatic carbocycles. The van der Waals surface area contributed by atoms with Gasteiger partial charge in [0.15, 0.2) is 0 Å². The van der Waals surface area contributed by atoms with Crippen molar-refractivity contribution in [2.75, 3.05) is 5.32 Å². The number of rotatable bonds is 5. The van der Waals surface area contributed by atoms with Crippen LogP contribution in [0, 0.1) is 6.92 Å². The molecular formula is C23H19N3O2. The lowest BCUT2D eigenvalue weighted by Gasteiger charge is -2.22. The number of nitrogens with one attached hydrogen (secondary N) is 1. The van der Waals surface area contributed by atoms with Gasteiger partial charge in [-0.25, -0.2) is 9.97 Å². The van der Waals surface area contributed by atoms with E-state index >= 15 is 0 Å². The summed E-state index contributed by atoms with van der Waals surface area (Å²) in [4.78, 5) is 19.9. The minimum absolute atomic E-state index is 0.133. The lowest BCUT2D eigenvalue weighted by atomic mass is 9.95. The molecule has 0 amide bonds. The molecule has 0 aliphatic heterocycles. The van der Waals surface area contributed by atoms with Crippen LogP contribution in [0.3, 0.4) is 0 Å². The zero-order valence-corrected chi connectivity index (χ0v) is 15.3. The molecule has 0 saturated heterocycles. The molecule has 2 N–H and O–H groups in total. The van der Waals surface area contributed by atoms with Crippen LogP contribution in [0.15, 0.2) is 72.9 Å². The Morgan fingerprint density at radius 3 is 2.50 bits per heavy atom. The maximum Gasteiger partial charge on any atom is 0.150 e. The molecule has 28 heavy (non-hydrogen) atoms. The minimum Gasteiger partial charge on any atom is -0.505 e. The zero-order chi connectivity index (χ0) is 19.5. The number of carbonyl (C=O) groups is 1. The average Bonchev–Trinajstić information content (AvgIpc) is 2.74. The van der Waals surface area contributed by atoms with Gasteiger partial charge in [0.1, 0.15) is 23.4 Å². The van der Waals surface area contributed by atoms with E-state index in [0.717, 1.165) is 22.9 Å². The van der Waals surface area contributed by atoms with Crippen LogP contribution >= 0.6 is 0 Å². The van der Waals surface area contributed by atoms with Crippen molar-refractivity contribution in [1.82, 2.24) is 9.97 Å². The molecule has 0 spiro atoms. The number of phenols is 1. The van der Waals surface area contributed by atoms with Gasteiger partial charge in [-0.3, -0.25) is 4.79 Å². The Kier molecular flexibility index (Phi) is 4.72. The summed E-state index contributed by atoms with van der Waals surface area (Å²) in [6, 6.07) is 20.2. The molecule has 0 fully saturated rings. The van der Waals surface area contributed by atoms with Crippen molar-refractivity contribution in [3.05, 3.63) is 95.3 Å². The Morgan fingerprint density at radius 2 is 1.79 bits per heavy atom. The number of carbonyl (C=O) groups excluding carboxylic acids is 1. The van der Waals surface area contributed by atoms with Crippen LogP contribution in [-0.4, -0.2) is 21.4 Å². The Balaban J connectivity index is 1.85. The van der Waals surface area contributed by atoms with Crippen molar-refractivity contribution in [2.24, 2.45) is 0 Å². The van der Waals surface area contributed by atoms with Crippen LogP contribution in [0.2, 0.25) is 0 Å². The quantitative estimate of drug-likeness (QED) is 0.501. The molecule has 0 saturated carbocycles. The van der Waals surface area contributed by atoms with E-state index < -0.39 is 0 Å². The van der Waals surface area contributed by atoms with Crippen LogP contribution in [0.25, 0.3) is 10.9 Å². The first-order valence-corrected chi connectivity index (χ1v) is 8.97. The summed E-state index contributed by atoms with van der Waals surface area (Å²) in [5.41, 5.74) is 3.59. The highest BCUT2D eigenvalue weighted by Gasteiger charge is 2.20. The molecule has 1 unspecified atom stereocenters. The fourth-order valence-corrected chi connectivity index (χ4v) is 3.22. The number of aldehydes is 1. The van der Waals surface area contributed by atoms with Gasteiger partial charge in [0, 0.05) is 28.4 Å². The van der Waals surface area contributed by atoms with Crippen LogP contribution < -0.4 is 5.32 Å². The highest BCUT2D eigenvalue weighted by atomic mass is 16.3. The molecule has 4 aromatic rings. The largest absolute Gasteiger partial charge is 0.505 e. The standard InChI is InChI=1S/C23H19N3O2/c1-15-5-8-18-11-12-19(23(28)22(18)25-15)21(26-20-4-2-3-13-24-20)17-9-6-16(14-27)7-10-17/h2-14,21,28H,1H3,(H,24,26). The molecule has 0 radical (unpaired) electrons. The Hall–Kier alpha value is -3.73.